The number of para-hydroxylation sites is 1. The van der Waals surface area contributed by atoms with Gasteiger partial charge in [-0.3, -0.25) is 14.9 Å². The van der Waals surface area contributed by atoms with E-state index >= 15 is 0 Å². The van der Waals surface area contributed by atoms with E-state index in [0.29, 0.717) is 27.3 Å². The first-order valence-electron chi connectivity index (χ1n) is 8.11. The van der Waals surface area contributed by atoms with Crippen molar-refractivity contribution in [2.75, 3.05) is 11.5 Å². The molecule has 0 bridgehead atoms. The van der Waals surface area contributed by atoms with Gasteiger partial charge in [0, 0.05) is 0 Å². The Morgan fingerprint density at radius 2 is 1.93 bits per heavy atom. The molecule has 28 heavy (non-hydrogen) atoms. The smallest absolute Gasteiger partial charge is 0.336 e. The quantitative estimate of drug-likeness (QED) is 0.432. The maximum atomic E-state index is 14.1. The van der Waals surface area contributed by atoms with E-state index in [-0.39, 0.29) is 11.3 Å². The van der Waals surface area contributed by atoms with Gasteiger partial charge >= 0.3 is 6.03 Å². The van der Waals surface area contributed by atoms with Crippen molar-refractivity contribution in [1.82, 2.24) is 5.32 Å². The molecule has 142 valence electrons. The van der Waals surface area contributed by atoms with E-state index < -0.39 is 23.7 Å². The third kappa shape index (κ3) is 3.86. The number of hydrogen-bond donors (Lipinski definition) is 1. The fourth-order valence-corrected chi connectivity index (χ4v) is 3.06. The zero-order chi connectivity index (χ0) is 20.3. The number of carbonyl (C=O) groups excluding carboxylic acids is 3. The number of carbonyl (C=O) groups is 3. The van der Waals surface area contributed by atoms with Crippen LogP contribution in [-0.2, 0) is 9.59 Å². The Kier molecular flexibility index (Phi) is 5.70. The van der Waals surface area contributed by atoms with E-state index in [1.807, 2.05) is 0 Å². The van der Waals surface area contributed by atoms with Crippen LogP contribution in [0, 0.1) is 5.82 Å². The van der Waals surface area contributed by atoms with E-state index in [1.165, 1.54) is 24.3 Å². The van der Waals surface area contributed by atoms with Crippen LogP contribution in [0.1, 0.15) is 5.56 Å². The molecule has 3 rings (SSSR count). The first-order valence-corrected chi connectivity index (χ1v) is 8.91. The van der Waals surface area contributed by atoms with E-state index in [4.69, 9.17) is 4.74 Å². The van der Waals surface area contributed by atoms with E-state index in [0.717, 1.165) is 6.07 Å². The maximum absolute atomic E-state index is 14.1. The molecule has 1 N–H and O–H groups in total. The topological polar surface area (TPSA) is 75.7 Å². The lowest BCUT2D eigenvalue weighted by Gasteiger charge is -2.26. The van der Waals surface area contributed by atoms with Crippen molar-refractivity contribution in [3.8, 4) is 5.75 Å². The average Bonchev–Trinajstić information content (AvgIpc) is 2.66. The third-order valence-corrected chi connectivity index (χ3v) is 4.44. The molecule has 2 aromatic carbocycles. The molecule has 0 aromatic heterocycles. The van der Waals surface area contributed by atoms with Crippen LogP contribution < -0.4 is 15.0 Å². The first-order chi connectivity index (χ1) is 13.4. The largest absolute Gasteiger partial charge is 0.488 e. The number of urea groups is 1. The highest BCUT2D eigenvalue weighted by atomic mass is 79.9. The molecule has 0 aliphatic carbocycles. The van der Waals surface area contributed by atoms with Gasteiger partial charge in [-0.05, 0) is 51.8 Å². The summed E-state index contributed by atoms with van der Waals surface area (Å²) >= 11 is 3.35. The standard InChI is InChI=1S/C20H14BrFN2O4/c1-2-9-28-17-8-7-12(11-14(17)21)10-13-18(25)23-20(27)24(19(13)26)16-6-4-3-5-15(16)22/h2-8,10-11H,1,9H2,(H,23,25,27)/b13-10-. The fraction of sp³-hybridized carbons (Fsp3) is 0.0500. The highest BCUT2D eigenvalue weighted by Gasteiger charge is 2.37. The summed E-state index contributed by atoms with van der Waals surface area (Å²) in [5.41, 5.74) is -0.0218. The van der Waals surface area contributed by atoms with Gasteiger partial charge in [-0.1, -0.05) is 30.9 Å². The minimum Gasteiger partial charge on any atom is -0.488 e. The van der Waals surface area contributed by atoms with Gasteiger partial charge in [-0.25, -0.2) is 14.1 Å². The monoisotopic (exact) mass is 444 g/mol. The van der Waals surface area contributed by atoms with Gasteiger partial charge in [0.05, 0.1) is 10.2 Å². The molecule has 6 nitrogen and oxygen atoms in total. The number of nitrogens with one attached hydrogen (secondary N) is 1. The van der Waals surface area contributed by atoms with Crippen molar-refractivity contribution in [1.29, 1.82) is 0 Å². The molecule has 1 aliphatic heterocycles. The minimum absolute atomic E-state index is 0.238. The molecule has 0 saturated carbocycles. The molecule has 4 amide bonds. The second-order valence-electron chi connectivity index (χ2n) is 5.70. The van der Waals surface area contributed by atoms with Crippen molar-refractivity contribution in [2.24, 2.45) is 0 Å². The zero-order valence-corrected chi connectivity index (χ0v) is 16.0. The highest BCUT2D eigenvalue weighted by molar-refractivity contribution is 9.10. The fourth-order valence-electron chi connectivity index (χ4n) is 2.55. The normalized spacial score (nSPS) is 15.6. The Morgan fingerprint density at radius 1 is 1.18 bits per heavy atom. The molecule has 1 fully saturated rings. The molecule has 1 aliphatic rings. The van der Waals surface area contributed by atoms with Crippen molar-refractivity contribution in [2.45, 2.75) is 0 Å². The van der Waals surface area contributed by atoms with Gasteiger partial charge in [0.1, 0.15) is 23.7 Å². The number of imide groups is 2. The van der Waals surface area contributed by atoms with Gasteiger partial charge in [0.15, 0.2) is 0 Å². The summed E-state index contributed by atoms with van der Waals surface area (Å²) < 4.78 is 20.1. The molecule has 8 heteroatoms. The SMILES string of the molecule is C=CCOc1ccc(/C=C2/C(=O)NC(=O)N(c3ccccc3F)C2=O)cc1Br. The molecule has 0 atom stereocenters. The van der Waals surface area contributed by atoms with E-state index in [1.54, 1.807) is 24.3 Å². The first kappa shape index (κ1) is 19.5. The number of halogens is 2. The van der Waals surface area contributed by atoms with Crippen molar-refractivity contribution in [3.05, 3.63) is 76.5 Å². The predicted molar refractivity (Wildman–Crippen MR) is 105 cm³/mol. The van der Waals surface area contributed by atoms with Crippen LogP contribution in [0.25, 0.3) is 6.08 Å². The highest BCUT2D eigenvalue weighted by Crippen LogP contribution is 2.28. The van der Waals surface area contributed by atoms with Crippen molar-refractivity contribution >= 4 is 45.5 Å². The van der Waals surface area contributed by atoms with Gasteiger partial charge in [0.2, 0.25) is 0 Å². The molecular formula is C20H14BrFN2O4. The third-order valence-electron chi connectivity index (χ3n) is 3.82. The Bertz CT molecular complexity index is 1020. The number of hydrogen-bond acceptors (Lipinski definition) is 4. The summed E-state index contributed by atoms with van der Waals surface area (Å²) in [5, 5.41) is 2.05. The van der Waals surface area contributed by atoms with Gasteiger partial charge in [0.25, 0.3) is 11.8 Å². The van der Waals surface area contributed by atoms with Gasteiger partial charge < -0.3 is 4.74 Å². The van der Waals surface area contributed by atoms with Crippen LogP contribution in [0.4, 0.5) is 14.9 Å². The van der Waals surface area contributed by atoms with E-state index in [2.05, 4.69) is 27.8 Å². The maximum Gasteiger partial charge on any atom is 0.336 e. The molecule has 2 aromatic rings. The van der Waals surface area contributed by atoms with Gasteiger partial charge in [-0.15, -0.1) is 0 Å². The second-order valence-corrected chi connectivity index (χ2v) is 6.55. The molecular weight excluding hydrogens is 431 g/mol. The van der Waals surface area contributed by atoms with Crippen LogP contribution in [0.2, 0.25) is 0 Å². The molecule has 1 saturated heterocycles. The molecule has 0 unspecified atom stereocenters. The lowest BCUT2D eigenvalue weighted by atomic mass is 10.1. The van der Waals surface area contributed by atoms with Crippen LogP contribution in [0.3, 0.4) is 0 Å². The minimum atomic E-state index is -1.01. The summed E-state index contributed by atoms with van der Waals surface area (Å²) in [6.45, 7) is 3.89. The second kappa shape index (κ2) is 8.18. The number of barbiturate groups is 1. The lowest BCUT2D eigenvalue weighted by molar-refractivity contribution is -0.122. The Morgan fingerprint density at radius 3 is 2.61 bits per heavy atom. The summed E-state index contributed by atoms with van der Waals surface area (Å²) in [5.74, 6) is -1.97. The van der Waals surface area contributed by atoms with Crippen molar-refractivity contribution < 1.29 is 23.5 Å². The lowest BCUT2D eigenvalue weighted by Crippen LogP contribution is -2.54. The molecule has 0 spiro atoms. The van der Waals surface area contributed by atoms with Gasteiger partial charge in [-0.2, -0.15) is 0 Å². The summed E-state index contributed by atoms with van der Waals surface area (Å²) in [4.78, 5) is 37.7. The van der Waals surface area contributed by atoms with Crippen LogP contribution in [0.15, 0.2) is 65.2 Å². The van der Waals surface area contributed by atoms with Crippen LogP contribution >= 0.6 is 15.9 Å². The summed E-state index contributed by atoms with van der Waals surface area (Å²) in [6, 6.07) is 9.25. The van der Waals surface area contributed by atoms with Crippen LogP contribution in [-0.4, -0.2) is 24.5 Å². The number of ether oxygens (including phenoxy) is 1. The molecule has 0 radical (unpaired) electrons. The number of rotatable bonds is 5. The summed E-state index contributed by atoms with van der Waals surface area (Å²) in [7, 11) is 0. The Hall–Kier alpha value is -3.26. The Balaban J connectivity index is 1.96. The number of nitrogens with zero attached hydrogens (tertiary/aromatic N) is 1. The number of benzene rings is 2. The zero-order valence-electron chi connectivity index (χ0n) is 14.4. The average molecular weight is 445 g/mol. The molecule has 1 heterocycles. The number of amides is 4. The predicted octanol–water partition coefficient (Wildman–Crippen LogP) is 3.82. The summed E-state index contributed by atoms with van der Waals surface area (Å²) in [6.07, 6.45) is 2.92. The van der Waals surface area contributed by atoms with E-state index in [9.17, 15) is 18.8 Å². The Labute approximate surface area is 168 Å². The number of anilines is 1. The van der Waals surface area contributed by atoms with Crippen LogP contribution in [0.5, 0.6) is 5.75 Å². The van der Waals surface area contributed by atoms with Crippen molar-refractivity contribution in [3.63, 3.8) is 0 Å².